The SMILES string of the molecule is Cc1ccc2c(c1)C(NC(C)c1cc(C)sc1C)CC2. The predicted molar refractivity (Wildman–Crippen MR) is 87.6 cm³/mol. The fourth-order valence-corrected chi connectivity index (χ4v) is 4.39. The number of benzene rings is 1. The molecule has 1 aliphatic rings. The molecule has 0 spiro atoms. The minimum atomic E-state index is 0.427. The summed E-state index contributed by atoms with van der Waals surface area (Å²) >= 11 is 1.90. The molecule has 2 heteroatoms. The largest absolute Gasteiger partial charge is 0.303 e. The van der Waals surface area contributed by atoms with E-state index >= 15 is 0 Å². The molecule has 1 heterocycles. The van der Waals surface area contributed by atoms with E-state index in [0.29, 0.717) is 12.1 Å². The van der Waals surface area contributed by atoms with Gasteiger partial charge in [0.25, 0.3) is 0 Å². The summed E-state index contributed by atoms with van der Waals surface area (Å²) in [6, 6.07) is 10.2. The number of thiophene rings is 1. The Morgan fingerprint density at radius 2 is 2.00 bits per heavy atom. The first-order valence-electron chi connectivity index (χ1n) is 7.47. The third-order valence-electron chi connectivity index (χ3n) is 4.38. The van der Waals surface area contributed by atoms with Gasteiger partial charge in [0.2, 0.25) is 0 Å². The molecule has 0 saturated heterocycles. The summed E-state index contributed by atoms with van der Waals surface area (Å²) in [5.74, 6) is 0. The summed E-state index contributed by atoms with van der Waals surface area (Å²) in [5.41, 5.74) is 5.88. The van der Waals surface area contributed by atoms with E-state index in [2.05, 4.69) is 57.3 Å². The first-order chi connectivity index (χ1) is 9.54. The lowest BCUT2D eigenvalue weighted by Gasteiger charge is -2.21. The van der Waals surface area contributed by atoms with E-state index in [1.807, 2.05) is 11.3 Å². The maximum absolute atomic E-state index is 3.84. The molecule has 2 atom stereocenters. The van der Waals surface area contributed by atoms with Crippen LogP contribution in [0.3, 0.4) is 0 Å². The topological polar surface area (TPSA) is 12.0 Å². The highest BCUT2D eigenvalue weighted by Gasteiger charge is 2.24. The third-order valence-corrected chi connectivity index (χ3v) is 5.36. The van der Waals surface area contributed by atoms with Gasteiger partial charge < -0.3 is 5.32 Å². The fourth-order valence-electron chi connectivity index (χ4n) is 3.37. The number of aryl methyl sites for hydroxylation is 4. The molecule has 3 rings (SSSR count). The van der Waals surface area contributed by atoms with Crippen molar-refractivity contribution in [1.29, 1.82) is 0 Å². The van der Waals surface area contributed by atoms with Crippen LogP contribution in [0.1, 0.15) is 57.4 Å². The molecule has 0 radical (unpaired) electrons. The van der Waals surface area contributed by atoms with Crippen molar-refractivity contribution in [2.75, 3.05) is 0 Å². The normalized spacial score (nSPS) is 19.1. The van der Waals surface area contributed by atoms with Gasteiger partial charge in [0, 0.05) is 21.8 Å². The van der Waals surface area contributed by atoms with Crippen molar-refractivity contribution >= 4 is 11.3 Å². The van der Waals surface area contributed by atoms with Crippen LogP contribution < -0.4 is 5.32 Å². The maximum atomic E-state index is 3.84. The average molecular weight is 285 g/mol. The molecule has 106 valence electrons. The minimum absolute atomic E-state index is 0.427. The molecule has 2 unspecified atom stereocenters. The Labute approximate surface area is 126 Å². The van der Waals surface area contributed by atoms with Gasteiger partial charge in [-0.05, 0) is 63.3 Å². The summed E-state index contributed by atoms with van der Waals surface area (Å²) < 4.78 is 0. The van der Waals surface area contributed by atoms with E-state index < -0.39 is 0 Å². The summed E-state index contributed by atoms with van der Waals surface area (Å²) in [4.78, 5) is 2.86. The lowest BCUT2D eigenvalue weighted by atomic mass is 10.0. The van der Waals surface area contributed by atoms with Crippen molar-refractivity contribution in [3.05, 3.63) is 56.3 Å². The highest BCUT2D eigenvalue weighted by Crippen LogP contribution is 2.35. The second-order valence-electron chi connectivity index (χ2n) is 6.05. The summed E-state index contributed by atoms with van der Waals surface area (Å²) in [7, 11) is 0. The molecule has 1 nitrogen and oxygen atoms in total. The Bertz CT molecular complexity index is 626. The van der Waals surface area contributed by atoms with E-state index in [-0.39, 0.29) is 0 Å². The fraction of sp³-hybridized carbons (Fsp3) is 0.444. The van der Waals surface area contributed by atoms with Crippen molar-refractivity contribution in [2.24, 2.45) is 0 Å². The van der Waals surface area contributed by atoms with Gasteiger partial charge in [-0.2, -0.15) is 0 Å². The summed E-state index contributed by atoms with van der Waals surface area (Å²) in [6.07, 6.45) is 2.44. The zero-order valence-electron chi connectivity index (χ0n) is 12.8. The smallest absolute Gasteiger partial charge is 0.0331 e. The number of hydrogen-bond acceptors (Lipinski definition) is 2. The zero-order chi connectivity index (χ0) is 14.3. The van der Waals surface area contributed by atoms with Crippen LogP contribution in [0.5, 0.6) is 0 Å². The molecule has 0 bridgehead atoms. The van der Waals surface area contributed by atoms with Crippen molar-refractivity contribution in [1.82, 2.24) is 5.32 Å². The Hall–Kier alpha value is -1.12. The van der Waals surface area contributed by atoms with Crippen molar-refractivity contribution < 1.29 is 0 Å². The molecule has 0 saturated carbocycles. The first kappa shape index (κ1) is 13.8. The van der Waals surface area contributed by atoms with Crippen LogP contribution >= 0.6 is 11.3 Å². The average Bonchev–Trinajstić information content (AvgIpc) is 2.93. The van der Waals surface area contributed by atoms with Crippen LogP contribution in [-0.2, 0) is 6.42 Å². The monoisotopic (exact) mass is 285 g/mol. The van der Waals surface area contributed by atoms with Gasteiger partial charge in [-0.25, -0.2) is 0 Å². The Balaban J connectivity index is 1.80. The highest BCUT2D eigenvalue weighted by atomic mass is 32.1. The number of nitrogens with one attached hydrogen (secondary N) is 1. The maximum Gasteiger partial charge on any atom is 0.0331 e. The number of hydrogen-bond donors (Lipinski definition) is 1. The van der Waals surface area contributed by atoms with Gasteiger partial charge >= 0.3 is 0 Å². The van der Waals surface area contributed by atoms with Crippen LogP contribution in [0, 0.1) is 20.8 Å². The van der Waals surface area contributed by atoms with E-state index in [0.717, 1.165) is 0 Å². The summed E-state index contributed by atoms with van der Waals surface area (Å²) in [5, 5.41) is 3.84. The molecule has 1 N–H and O–H groups in total. The van der Waals surface area contributed by atoms with Crippen molar-refractivity contribution in [2.45, 2.75) is 52.6 Å². The van der Waals surface area contributed by atoms with E-state index in [1.165, 1.54) is 44.8 Å². The molecular weight excluding hydrogens is 262 g/mol. The van der Waals surface area contributed by atoms with Crippen molar-refractivity contribution in [3.8, 4) is 0 Å². The molecular formula is C18H23NS. The lowest BCUT2D eigenvalue weighted by molar-refractivity contribution is 0.464. The second kappa shape index (κ2) is 5.34. The van der Waals surface area contributed by atoms with Gasteiger partial charge in [-0.15, -0.1) is 11.3 Å². The van der Waals surface area contributed by atoms with Gasteiger partial charge in [0.15, 0.2) is 0 Å². The Morgan fingerprint density at radius 3 is 2.70 bits per heavy atom. The van der Waals surface area contributed by atoms with Crippen LogP contribution in [0.4, 0.5) is 0 Å². The molecule has 1 aromatic heterocycles. The van der Waals surface area contributed by atoms with E-state index in [4.69, 9.17) is 0 Å². The van der Waals surface area contributed by atoms with Crippen molar-refractivity contribution in [3.63, 3.8) is 0 Å². The van der Waals surface area contributed by atoms with Gasteiger partial charge in [-0.1, -0.05) is 23.8 Å². The highest BCUT2D eigenvalue weighted by molar-refractivity contribution is 7.12. The molecule has 1 aromatic carbocycles. The van der Waals surface area contributed by atoms with Gasteiger partial charge in [-0.3, -0.25) is 0 Å². The van der Waals surface area contributed by atoms with Crippen LogP contribution in [0.2, 0.25) is 0 Å². The Kier molecular flexibility index (Phi) is 3.70. The third kappa shape index (κ3) is 2.55. The molecule has 0 fully saturated rings. The first-order valence-corrected chi connectivity index (χ1v) is 8.28. The standard InChI is InChI=1S/C18H23NS/c1-11-5-6-15-7-8-18(17(15)9-11)19-13(3)16-10-12(2)20-14(16)4/h5-6,9-10,13,18-19H,7-8H2,1-4H3. The molecule has 20 heavy (non-hydrogen) atoms. The molecule has 0 aliphatic heterocycles. The molecule has 0 amide bonds. The van der Waals surface area contributed by atoms with Crippen LogP contribution in [0.25, 0.3) is 0 Å². The summed E-state index contributed by atoms with van der Waals surface area (Å²) in [6.45, 7) is 8.91. The number of fused-ring (bicyclic) bond motifs is 1. The van der Waals surface area contributed by atoms with Crippen LogP contribution in [0.15, 0.2) is 24.3 Å². The molecule has 2 aromatic rings. The quantitative estimate of drug-likeness (QED) is 0.835. The lowest BCUT2D eigenvalue weighted by Crippen LogP contribution is -2.23. The second-order valence-corrected chi connectivity index (χ2v) is 7.51. The zero-order valence-corrected chi connectivity index (χ0v) is 13.6. The Morgan fingerprint density at radius 1 is 1.20 bits per heavy atom. The van der Waals surface area contributed by atoms with Gasteiger partial charge in [0.1, 0.15) is 0 Å². The van der Waals surface area contributed by atoms with Crippen LogP contribution in [-0.4, -0.2) is 0 Å². The molecule has 1 aliphatic carbocycles. The predicted octanol–water partition coefficient (Wildman–Crippen LogP) is 5.01. The van der Waals surface area contributed by atoms with Gasteiger partial charge in [0.05, 0.1) is 0 Å². The minimum Gasteiger partial charge on any atom is -0.303 e. The number of rotatable bonds is 3. The van der Waals surface area contributed by atoms with E-state index in [1.54, 1.807) is 0 Å². The van der Waals surface area contributed by atoms with E-state index in [9.17, 15) is 0 Å².